The zero-order chi connectivity index (χ0) is 17.2. The third-order valence-corrected chi connectivity index (χ3v) is 3.91. The molecule has 0 bridgehead atoms. The molecular weight excluding hydrogens is 300 g/mol. The summed E-state index contributed by atoms with van der Waals surface area (Å²) in [5, 5.41) is 3.07. The van der Waals surface area contributed by atoms with Gasteiger partial charge in [-0.2, -0.15) is 0 Å². The lowest BCUT2D eigenvalue weighted by atomic mass is 9.89. The van der Waals surface area contributed by atoms with Gasteiger partial charge in [0.15, 0.2) is 5.79 Å². The van der Waals surface area contributed by atoms with Crippen molar-refractivity contribution in [1.29, 1.82) is 0 Å². The molecule has 2 aliphatic heterocycles. The highest BCUT2D eigenvalue weighted by Crippen LogP contribution is 2.33. The summed E-state index contributed by atoms with van der Waals surface area (Å²) in [7, 11) is 1.31. The second kappa shape index (κ2) is 6.72. The van der Waals surface area contributed by atoms with Crippen LogP contribution in [0.4, 0.5) is 0 Å². The van der Waals surface area contributed by atoms with Crippen molar-refractivity contribution in [2.75, 3.05) is 20.3 Å². The molecule has 0 unspecified atom stereocenters. The number of allylic oxidation sites excluding steroid dienone is 1. The van der Waals surface area contributed by atoms with Crippen LogP contribution in [0.2, 0.25) is 0 Å². The van der Waals surface area contributed by atoms with Crippen LogP contribution in [0.25, 0.3) is 0 Å². The SMILES string of the molecule is C=CCN1C(=O)[C@@H](N/C(C)=C\C(=O)OC)[C@H]1[C@@H]1COC(C)(C)O1. The van der Waals surface area contributed by atoms with E-state index < -0.39 is 17.8 Å². The normalized spacial score (nSPS) is 29.9. The molecule has 2 fully saturated rings. The fraction of sp³-hybridized carbons (Fsp3) is 0.625. The zero-order valence-electron chi connectivity index (χ0n) is 14.0. The summed E-state index contributed by atoms with van der Waals surface area (Å²) < 4.78 is 16.1. The first-order chi connectivity index (χ1) is 10.8. The molecule has 128 valence electrons. The molecule has 7 heteroatoms. The van der Waals surface area contributed by atoms with E-state index >= 15 is 0 Å². The highest BCUT2D eigenvalue weighted by Gasteiger charge is 2.54. The summed E-state index contributed by atoms with van der Waals surface area (Å²) in [6.07, 6.45) is 2.77. The molecule has 0 aliphatic carbocycles. The zero-order valence-corrected chi connectivity index (χ0v) is 14.0. The van der Waals surface area contributed by atoms with Crippen LogP contribution in [-0.4, -0.2) is 61.0 Å². The molecule has 0 radical (unpaired) electrons. The summed E-state index contributed by atoms with van der Waals surface area (Å²) >= 11 is 0. The van der Waals surface area contributed by atoms with Crippen LogP contribution < -0.4 is 5.32 Å². The highest BCUT2D eigenvalue weighted by atomic mass is 16.7. The largest absolute Gasteiger partial charge is 0.466 e. The number of nitrogens with zero attached hydrogens (tertiary/aromatic N) is 1. The topological polar surface area (TPSA) is 77.1 Å². The third-order valence-electron chi connectivity index (χ3n) is 3.91. The minimum absolute atomic E-state index is 0.0548. The number of amides is 1. The Morgan fingerprint density at radius 1 is 1.57 bits per heavy atom. The fourth-order valence-corrected chi connectivity index (χ4v) is 2.89. The van der Waals surface area contributed by atoms with E-state index in [1.807, 2.05) is 13.8 Å². The molecule has 1 N–H and O–H groups in total. The second-order valence-corrected chi connectivity index (χ2v) is 6.11. The first-order valence-corrected chi connectivity index (χ1v) is 7.55. The van der Waals surface area contributed by atoms with Gasteiger partial charge in [-0.05, 0) is 20.8 Å². The van der Waals surface area contributed by atoms with Crippen molar-refractivity contribution >= 4 is 11.9 Å². The van der Waals surface area contributed by atoms with Gasteiger partial charge in [-0.25, -0.2) is 4.79 Å². The van der Waals surface area contributed by atoms with E-state index in [1.54, 1.807) is 17.9 Å². The van der Waals surface area contributed by atoms with Gasteiger partial charge >= 0.3 is 5.97 Å². The van der Waals surface area contributed by atoms with Crippen LogP contribution >= 0.6 is 0 Å². The van der Waals surface area contributed by atoms with Crippen LogP contribution in [0.1, 0.15) is 20.8 Å². The van der Waals surface area contributed by atoms with E-state index in [0.29, 0.717) is 18.8 Å². The predicted molar refractivity (Wildman–Crippen MR) is 83.3 cm³/mol. The molecule has 3 atom stereocenters. The summed E-state index contributed by atoms with van der Waals surface area (Å²) in [6, 6.07) is -0.637. The number of esters is 1. The number of carbonyl (C=O) groups excluding carboxylic acids is 2. The van der Waals surface area contributed by atoms with Crippen LogP contribution in [0.3, 0.4) is 0 Å². The average Bonchev–Trinajstić information content (AvgIpc) is 2.84. The third kappa shape index (κ3) is 3.73. The van der Waals surface area contributed by atoms with Crippen molar-refractivity contribution in [3.8, 4) is 0 Å². The minimum Gasteiger partial charge on any atom is -0.466 e. The molecule has 0 saturated carbocycles. The van der Waals surface area contributed by atoms with Gasteiger partial charge in [0.1, 0.15) is 12.1 Å². The maximum atomic E-state index is 12.3. The summed E-state index contributed by atoms with van der Waals surface area (Å²) in [5.74, 6) is -1.19. The van der Waals surface area contributed by atoms with Crippen LogP contribution in [0.5, 0.6) is 0 Å². The van der Waals surface area contributed by atoms with Crippen LogP contribution in [-0.2, 0) is 23.8 Å². The highest BCUT2D eigenvalue weighted by molar-refractivity contribution is 5.90. The van der Waals surface area contributed by atoms with Crippen molar-refractivity contribution in [3.63, 3.8) is 0 Å². The Morgan fingerprint density at radius 2 is 2.26 bits per heavy atom. The second-order valence-electron chi connectivity index (χ2n) is 6.11. The summed E-state index contributed by atoms with van der Waals surface area (Å²) in [4.78, 5) is 25.3. The molecule has 0 aromatic carbocycles. The summed E-state index contributed by atoms with van der Waals surface area (Å²) in [5.41, 5.74) is 0.566. The van der Waals surface area contributed by atoms with Gasteiger partial charge < -0.3 is 24.4 Å². The fourth-order valence-electron chi connectivity index (χ4n) is 2.89. The maximum Gasteiger partial charge on any atom is 0.332 e. The molecule has 2 aliphatic rings. The average molecular weight is 324 g/mol. The number of ether oxygens (including phenoxy) is 3. The Morgan fingerprint density at radius 3 is 2.78 bits per heavy atom. The number of hydrogen-bond acceptors (Lipinski definition) is 6. The Bertz CT molecular complexity index is 529. The Kier molecular flexibility index (Phi) is 5.11. The van der Waals surface area contributed by atoms with Gasteiger partial charge in [0.2, 0.25) is 5.91 Å². The number of rotatable bonds is 6. The van der Waals surface area contributed by atoms with Gasteiger partial charge in [-0.1, -0.05) is 6.08 Å². The van der Waals surface area contributed by atoms with E-state index in [-0.39, 0.29) is 18.1 Å². The lowest BCUT2D eigenvalue weighted by Crippen LogP contribution is -2.73. The van der Waals surface area contributed by atoms with Gasteiger partial charge in [0, 0.05) is 18.3 Å². The van der Waals surface area contributed by atoms with Crippen LogP contribution in [0.15, 0.2) is 24.4 Å². The number of carbonyl (C=O) groups is 2. The van der Waals surface area contributed by atoms with E-state index in [9.17, 15) is 9.59 Å². The molecule has 2 saturated heterocycles. The Balaban J connectivity index is 2.11. The van der Waals surface area contributed by atoms with Crippen molar-refractivity contribution in [2.24, 2.45) is 0 Å². The first kappa shape index (κ1) is 17.5. The molecule has 2 heterocycles. The molecule has 7 nitrogen and oxygen atoms in total. The predicted octanol–water partition coefficient (Wildman–Crippen LogP) is 0.570. The Hall–Kier alpha value is -1.86. The lowest BCUT2D eigenvalue weighted by molar-refractivity contribution is -0.172. The lowest BCUT2D eigenvalue weighted by Gasteiger charge is -2.49. The molecule has 23 heavy (non-hydrogen) atoms. The molecule has 1 amide bonds. The number of nitrogens with one attached hydrogen (secondary N) is 1. The molecule has 2 rings (SSSR count). The number of methoxy groups -OCH3 is 1. The number of likely N-dealkylation sites (tertiary alicyclic amines) is 1. The molecule has 0 aromatic heterocycles. The van der Waals surface area contributed by atoms with Crippen molar-refractivity contribution in [3.05, 3.63) is 24.4 Å². The minimum atomic E-state index is -0.662. The van der Waals surface area contributed by atoms with E-state index in [4.69, 9.17) is 9.47 Å². The number of β-lactam (4-membered cyclic amide) rings is 1. The van der Waals surface area contributed by atoms with Crippen LogP contribution in [0, 0.1) is 0 Å². The van der Waals surface area contributed by atoms with Gasteiger partial charge in [-0.3, -0.25) is 4.79 Å². The Labute approximate surface area is 136 Å². The molecule has 0 spiro atoms. The maximum absolute atomic E-state index is 12.3. The molecule has 0 aromatic rings. The molecular formula is C16H24N2O5. The standard InChI is InChI=1S/C16H24N2O5/c1-6-7-18-14(11-9-22-16(3,4)23-11)13(15(18)20)17-10(2)8-12(19)21-5/h6,8,11,13-14,17H,1,7,9H2,2-5H3/b10-8-/t11-,13-,14+/m0/s1. The van der Waals surface area contributed by atoms with Gasteiger partial charge in [0.25, 0.3) is 0 Å². The van der Waals surface area contributed by atoms with Gasteiger partial charge in [0.05, 0.1) is 19.8 Å². The monoisotopic (exact) mass is 324 g/mol. The van der Waals surface area contributed by atoms with Crippen molar-refractivity contribution in [1.82, 2.24) is 10.2 Å². The van der Waals surface area contributed by atoms with Crippen molar-refractivity contribution < 1.29 is 23.8 Å². The van der Waals surface area contributed by atoms with E-state index in [1.165, 1.54) is 13.2 Å². The van der Waals surface area contributed by atoms with Crippen molar-refractivity contribution in [2.45, 2.75) is 44.7 Å². The smallest absolute Gasteiger partial charge is 0.332 e. The van der Waals surface area contributed by atoms with E-state index in [0.717, 1.165) is 0 Å². The number of hydrogen-bond donors (Lipinski definition) is 1. The first-order valence-electron chi connectivity index (χ1n) is 7.55. The van der Waals surface area contributed by atoms with Gasteiger partial charge in [-0.15, -0.1) is 6.58 Å². The summed E-state index contributed by atoms with van der Waals surface area (Å²) in [6.45, 7) is 9.95. The quantitative estimate of drug-likeness (QED) is 0.333. The van der Waals surface area contributed by atoms with E-state index in [2.05, 4.69) is 16.6 Å².